The second kappa shape index (κ2) is 6.29. The maximum absolute atomic E-state index is 4.03. The number of rotatable bonds is 7. The van der Waals surface area contributed by atoms with Crippen LogP contribution in [-0.2, 0) is 6.04 Å². The molecule has 0 bridgehead atoms. The Labute approximate surface area is 100 Å². The molecule has 0 heterocycles. The van der Waals surface area contributed by atoms with Crippen molar-refractivity contribution in [2.75, 3.05) is 0 Å². The predicted octanol–water partition coefficient (Wildman–Crippen LogP) is 4.31. The first-order valence-electron chi connectivity index (χ1n) is 5.65. The van der Waals surface area contributed by atoms with E-state index in [2.05, 4.69) is 55.8 Å². The van der Waals surface area contributed by atoms with Gasteiger partial charge in [0.05, 0.1) is 8.07 Å². The number of hydrogen-bond acceptors (Lipinski definition) is 0. The second-order valence-corrected chi connectivity index (χ2v) is 8.52. The molecule has 0 nitrogen and oxygen atoms in total. The first-order chi connectivity index (χ1) is 7.76. The molecule has 0 saturated heterocycles. The highest BCUT2D eigenvalue weighted by atomic mass is 28.3. The van der Waals surface area contributed by atoms with Gasteiger partial charge in [-0.25, -0.2) is 0 Å². The van der Waals surface area contributed by atoms with Gasteiger partial charge in [-0.3, -0.25) is 0 Å². The van der Waals surface area contributed by atoms with Gasteiger partial charge in [-0.2, -0.15) is 0 Å². The fourth-order valence-electron chi connectivity index (χ4n) is 2.04. The van der Waals surface area contributed by atoms with E-state index in [1.807, 2.05) is 12.2 Å². The fourth-order valence-corrected chi connectivity index (χ4v) is 5.18. The third kappa shape index (κ3) is 3.35. The van der Waals surface area contributed by atoms with Gasteiger partial charge in [0, 0.05) is 0 Å². The van der Waals surface area contributed by atoms with Crippen LogP contribution in [0.15, 0.2) is 67.9 Å². The second-order valence-electron chi connectivity index (χ2n) is 4.21. The molecule has 0 aliphatic carbocycles. The van der Waals surface area contributed by atoms with Crippen LogP contribution in [-0.4, -0.2) is 8.07 Å². The zero-order valence-electron chi connectivity index (χ0n) is 9.86. The van der Waals surface area contributed by atoms with Crippen LogP contribution >= 0.6 is 0 Å². The first-order valence-corrected chi connectivity index (χ1v) is 8.35. The van der Waals surface area contributed by atoms with Crippen LogP contribution in [0.25, 0.3) is 0 Å². The van der Waals surface area contributed by atoms with E-state index in [1.165, 1.54) is 5.56 Å². The van der Waals surface area contributed by atoms with Crippen LogP contribution in [0.1, 0.15) is 5.56 Å². The van der Waals surface area contributed by atoms with Crippen molar-refractivity contribution in [1.29, 1.82) is 0 Å². The average Bonchev–Trinajstić information content (AvgIpc) is 2.31. The Kier molecular flexibility index (Phi) is 5.00. The molecule has 0 aromatic heterocycles. The van der Waals surface area contributed by atoms with Crippen LogP contribution in [0.2, 0.25) is 12.1 Å². The van der Waals surface area contributed by atoms with Crippen molar-refractivity contribution in [3.8, 4) is 0 Å². The quantitative estimate of drug-likeness (QED) is 0.482. The van der Waals surface area contributed by atoms with E-state index >= 15 is 0 Å². The van der Waals surface area contributed by atoms with Gasteiger partial charge in [0.15, 0.2) is 0 Å². The van der Waals surface area contributed by atoms with Gasteiger partial charge in [-0.1, -0.05) is 48.0 Å². The summed E-state index contributed by atoms with van der Waals surface area (Å²) in [6.07, 6.45) is 4.06. The maximum atomic E-state index is 4.03. The fraction of sp³-hybridized carbons (Fsp3) is 0.200. The molecule has 1 rings (SSSR count). The third-order valence-corrected chi connectivity index (χ3v) is 7.12. The van der Waals surface area contributed by atoms with Gasteiger partial charge in [0.1, 0.15) is 0 Å². The summed E-state index contributed by atoms with van der Waals surface area (Å²) >= 11 is 0. The van der Waals surface area contributed by atoms with Crippen LogP contribution in [0.5, 0.6) is 0 Å². The predicted molar refractivity (Wildman–Crippen MR) is 76.1 cm³/mol. The Morgan fingerprint density at radius 1 is 0.938 bits per heavy atom. The van der Waals surface area contributed by atoms with Crippen molar-refractivity contribution in [2.24, 2.45) is 0 Å². The Hall–Kier alpha value is -1.34. The minimum atomic E-state index is -1.48. The summed E-state index contributed by atoms with van der Waals surface area (Å²) in [6.45, 7) is 11.8. The van der Waals surface area contributed by atoms with Crippen LogP contribution in [0, 0.1) is 0 Å². The summed E-state index contributed by atoms with van der Waals surface area (Å²) in [7, 11) is -1.48. The van der Waals surface area contributed by atoms with E-state index in [1.54, 1.807) is 0 Å². The smallest absolute Gasteiger partial charge is 0.0888 e. The summed E-state index contributed by atoms with van der Waals surface area (Å²) in [4.78, 5) is 0. The zero-order valence-corrected chi connectivity index (χ0v) is 10.9. The molecule has 0 fully saturated rings. The van der Waals surface area contributed by atoms with Crippen LogP contribution in [0.3, 0.4) is 0 Å². The topological polar surface area (TPSA) is 0 Å². The van der Waals surface area contributed by atoms with Gasteiger partial charge >= 0.3 is 0 Å². The zero-order chi connectivity index (χ0) is 11.9. The van der Waals surface area contributed by atoms with E-state index < -0.39 is 8.07 Å². The number of benzene rings is 1. The lowest BCUT2D eigenvalue weighted by Crippen LogP contribution is -2.33. The summed E-state index contributed by atoms with van der Waals surface area (Å²) in [5.74, 6) is 0. The molecular weight excluding hydrogens is 208 g/mol. The Morgan fingerprint density at radius 3 is 1.94 bits per heavy atom. The number of hydrogen-bond donors (Lipinski definition) is 0. The van der Waals surface area contributed by atoms with Gasteiger partial charge in [-0.15, -0.1) is 25.4 Å². The molecule has 84 valence electrons. The molecule has 1 heteroatoms. The molecule has 0 amide bonds. The van der Waals surface area contributed by atoms with E-state index in [-0.39, 0.29) is 0 Å². The van der Waals surface area contributed by atoms with Crippen molar-refractivity contribution >= 4 is 8.07 Å². The molecule has 0 unspecified atom stereocenters. The van der Waals surface area contributed by atoms with Crippen molar-refractivity contribution in [2.45, 2.75) is 18.1 Å². The molecule has 0 radical (unpaired) electrons. The van der Waals surface area contributed by atoms with Gasteiger partial charge in [0.2, 0.25) is 0 Å². The minimum Gasteiger partial charge on any atom is -0.107 e. The van der Waals surface area contributed by atoms with Crippen LogP contribution in [0.4, 0.5) is 0 Å². The van der Waals surface area contributed by atoms with Crippen LogP contribution < -0.4 is 0 Å². The summed E-state index contributed by atoms with van der Waals surface area (Å²) in [6, 6.07) is 13.9. The Morgan fingerprint density at radius 2 is 1.50 bits per heavy atom. The minimum absolute atomic E-state index is 1.08. The largest absolute Gasteiger partial charge is 0.107 e. The molecular formula is C15H20Si. The van der Waals surface area contributed by atoms with E-state index in [9.17, 15) is 0 Å². The molecule has 0 saturated carbocycles. The van der Waals surface area contributed by atoms with Crippen molar-refractivity contribution in [3.05, 3.63) is 73.5 Å². The summed E-state index contributed by atoms with van der Waals surface area (Å²) in [5, 5.41) is 0. The standard InChI is InChI=1S/C15H20Si/c1-4-12-16(6-3,13-5-2)14-15-10-8-7-9-11-15/h4-11H,1-3,12-14H2. The molecule has 1 aromatic carbocycles. The third-order valence-electron chi connectivity index (χ3n) is 2.93. The van der Waals surface area contributed by atoms with Crippen molar-refractivity contribution in [3.63, 3.8) is 0 Å². The van der Waals surface area contributed by atoms with Crippen molar-refractivity contribution in [1.82, 2.24) is 0 Å². The van der Waals surface area contributed by atoms with Gasteiger partial charge in [-0.05, 0) is 18.1 Å². The molecule has 0 spiro atoms. The molecule has 16 heavy (non-hydrogen) atoms. The summed E-state index contributed by atoms with van der Waals surface area (Å²) < 4.78 is 0. The highest BCUT2D eigenvalue weighted by Gasteiger charge is 2.26. The molecule has 0 atom stereocenters. The number of allylic oxidation sites excluding steroid dienone is 2. The average molecular weight is 228 g/mol. The highest BCUT2D eigenvalue weighted by molar-refractivity contribution is 6.84. The highest BCUT2D eigenvalue weighted by Crippen LogP contribution is 2.23. The first kappa shape index (κ1) is 12.7. The van der Waals surface area contributed by atoms with E-state index in [0.717, 1.165) is 18.1 Å². The van der Waals surface area contributed by atoms with E-state index in [0.29, 0.717) is 0 Å². The molecule has 0 N–H and O–H groups in total. The van der Waals surface area contributed by atoms with Crippen molar-refractivity contribution < 1.29 is 0 Å². The molecule has 0 aliphatic rings. The van der Waals surface area contributed by atoms with Gasteiger partial charge in [0.25, 0.3) is 0 Å². The van der Waals surface area contributed by atoms with Gasteiger partial charge < -0.3 is 0 Å². The molecule has 0 aliphatic heterocycles. The molecule has 1 aromatic rings. The SMILES string of the molecule is C=CC[Si](C=C)(CC=C)Cc1ccccc1. The maximum Gasteiger partial charge on any atom is 0.0888 e. The Bertz CT molecular complexity index is 341. The monoisotopic (exact) mass is 228 g/mol. The lowest BCUT2D eigenvalue weighted by molar-refractivity contribution is 1.26. The van der Waals surface area contributed by atoms with E-state index in [4.69, 9.17) is 0 Å². The summed E-state index contributed by atoms with van der Waals surface area (Å²) in [5.41, 5.74) is 3.58. The Balaban J connectivity index is 2.88. The normalized spacial score (nSPS) is 10.8. The lowest BCUT2D eigenvalue weighted by atomic mass is 10.2. The lowest BCUT2D eigenvalue weighted by Gasteiger charge is -2.25.